The molecule has 1 fully saturated rings. The second-order valence-electron chi connectivity index (χ2n) is 4.67. The summed E-state index contributed by atoms with van der Waals surface area (Å²) in [6, 6.07) is 3.41. The number of hydrogen-bond donors (Lipinski definition) is 0. The van der Waals surface area contributed by atoms with Gasteiger partial charge in [0.05, 0.1) is 20.1 Å². The standard InChI is InChI=1S/C14H18N2O4/c1-19-11-6-3-7-15-12(11)13(17)16-8-4-5-10(9-16)14(18)20-2/h3,6-7,10H,4-5,8-9H2,1-2H3. The van der Waals surface area contributed by atoms with Crippen LogP contribution >= 0.6 is 0 Å². The largest absolute Gasteiger partial charge is 0.494 e. The molecule has 108 valence electrons. The van der Waals surface area contributed by atoms with Gasteiger partial charge in [-0.05, 0) is 25.0 Å². The zero-order chi connectivity index (χ0) is 14.5. The number of piperidine rings is 1. The number of rotatable bonds is 3. The fourth-order valence-electron chi connectivity index (χ4n) is 2.39. The summed E-state index contributed by atoms with van der Waals surface area (Å²) in [6.07, 6.45) is 3.08. The molecule has 0 bridgehead atoms. The Hall–Kier alpha value is -2.11. The first-order valence-electron chi connectivity index (χ1n) is 6.53. The summed E-state index contributed by atoms with van der Waals surface area (Å²) in [5.41, 5.74) is 0.278. The molecule has 1 aliphatic heterocycles. The first kappa shape index (κ1) is 14.3. The van der Waals surface area contributed by atoms with Crippen LogP contribution in [0.5, 0.6) is 5.75 Å². The lowest BCUT2D eigenvalue weighted by molar-refractivity contribution is -0.146. The van der Waals surface area contributed by atoms with Crippen LogP contribution in [0.3, 0.4) is 0 Å². The van der Waals surface area contributed by atoms with Crippen LogP contribution in [0.15, 0.2) is 18.3 Å². The number of aromatic nitrogens is 1. The fourth-order valence-corrected chi connectivity index (χ4v) is 2.39. The van der Waals surface area contributed by atoms with Crippen molar-refractivity contribution in [2.24, 2.45) is 5.92 Å². The molecule has 2 heterocycles. The lowest BCUT2D eigenvalue weighted by Crippen LogP contribution is -2.43. The summed E-state index contributed by atoms with van der Waals surface area (Å²) in [5.74, 6) is -0.295. The molecule has 0 aliphatic carbocycles. The summed E-state index contributed by atoms with van der Waals surface area (Å²) < 4.78 is 9.90. The van der Waals surface area contributed by atoms with Gasteiger partial charge < -0.3 is 14.4 Å². The van der Waals surface area contributed by atoms with Crippen LogP contribution in [0, 0.1) is 5.92 Å². The molecule has 0 aromatic carbocycles. The Labute approximate surface area is 117 Å². The molecule has 1 saturated heterocycles. The van der Waals surface area contributed by atoms with Crippen LogP contribution in [0.25, 0.3) is 0 Å². The SMILES string of the molecule is COC(=O)C1CCCN(C(=O)c2ncccc2OC)C1. The third-order valence-corrected chi connectivity index (χ3v) is 3.44. The maximum atomic E-state index is 12.5. The monoisotopic (exact) mass is 278 g/mol. The molecule has 0 radical (unpaired) electrons. The van der Waals surface area contributed by atoms with E-state index in [2.05, 4.69) is 4.98 Å². The Morgan fingerprint density at radius 1 is 1.40 bits per heavy atom. The minimum Gasteiger partial charge on any atom is -0.494 e. The van der Waals surface area contributed by atoms with E-state index in [0.29, 0.717) is 18.8 Å². The van der Waals surface area contributed by atoms with E-state index in [1.165, 1.54) is 14.2 Å². The van der Waals surface area contributed by atoms with Crippen LogP contribution < -0.4 is 4.74 Å². The molecule has 1 unspecified atom stereocenters. The second kappa shape index (κ2) is 6.36. The predicted octanol–water partition coefficient (Wildman–Crippen LogP) is 1.12. The zero-order valence-electron chi connectivity index (χ0n) is 11.7. The Kier molecular flexibility index (Phi) is 4.55. The van der Waals surface area contributed by atoms with Crippen molar-refractivity contribution < 1.29 is 19.1 Å². The number of methoxy groups -OCH3 is 2. The highest BCUT2D eigenvalue weighted by atomic mass is 16.5. The Morgan fingerprint density at radius 2 is 2.20 bits per heavy atom. The Morgan fingerprint density at radius 3 is 2.90 bits per heavy atom. The van der Waals surface area contributed by atoms with E-state index >= 15 is 0 Å². The molecule has 20 heavy (non-hydrogen) atoms. The zero-order valence-corrected chi connectivity index (χ0v) is 11.7. The predicted molar refractivity (Wildman–Crippen MR) is 71.4 cm³/mol. The number of carbonyl (C=O) groups is 2. The molecule has 2 rings (SSSR count). The summed E-state index contributed by atoms with van der Waals surface area (Å²) in [7, 11) is 2.87. The van der Waals surface area contributed by atoms with Gasteiger partial charge in [-0.15, -0.1) is 0 Å². The van der Waals surface area contributed by atoms with E-state index < -0.39 is 0 Å². The molecular weight excluding hydrogens is 260 g/mol. The van der Waals surface area contributed by atoms with Crippen molar-refractivity contribution in [2.45, 2.75) is 12.8 Å². The van der Waals surface area contributed by atoms with Gasteiger partial charge in [-0.1, -0.05) is 0 Å². The average molecular weight is 278 g/mol. The van der Waals surface area contributed by atoms with Crippen LogP contribution in [0.1, 0.15) is 23.3 Å². The van der Waals surface area contributed by atoms with Gasteiger partial charge in [0, 0.05) is 19.3 Å². The van der Waals surface area contributed by atoms with Gasteiger partial charge in [0.15, 0.2) is 5.69 Å². The smallest absolute Gasteiger partial charge is 0.310 e. The van der Waals surface area contributed by atoms with Crippen molar-refractivity contribution in [1.29, 1.82) is 0 Å². The number of likely N-dealkylation sites (tertiary alicyclic amines) is 1. The summed E-state index contributed by atoms with van der Waals surface area (Å²) >= 11 is 0. The second-order valence-corrected chi connectivity index (χ2v) is 4.67. The highest BCUT2D eigenvalue weighted by Gasteiger charge is 2.30. The van der Waals surface area contributed by atoms with Gasteiger partial charge in [-0.2, -0.15) is 0 Å². The number of hydrogen-bond acceptors (Lipinski definition) is 5. The Bertz CT molecular complexity index is 504. The third kappa shape index (κ3) is 2.89. The van der Waals surface area contributed by atoms with Crippen molar-refractivity contribution in [3.63, 3.8) is 0 Å². The molecule has 1 amide bonds. The van der Waals surface area contributed by atoms with E-state index in [-0.39, 0.29) is 23.5 Å². The topological polar surface area (TPSA) is 68.7 Å². The van der Waals surface area contributed by atoms with E-state index in [1.54, 1.807) is 23.2 Å². The molecule has 1 aliphatic rings. The van der Waals surface area contributed by atoms with Gasteiger partial charge in [-0.25, -0.2) is 4.98 Å². The van der Waals surface area contributed by atoms with Crippen molar-refractivity contribution in [1.82, 2.24) is 9.88 Å². The molecule has 6 nitrogen and oxygen atoms in total. The summed E-state index contributed by atoms with van der Waals surface area (Å²) in [5, 5.41) is 0. The number of carbonyl (C=O) groups excluding carboxylic acids is 2. The molecule has 1 atom stereocenters. The van der Waals surface area contributed by atoms with E-state index in [9.17, 15) is 9.59 Å². The van der Waals surface area contributed by atoms with Crippen molar-refractivity contribution in [3.8, 4) is 5.75 Å². The van der Waals surface area contributed by atoms with E-state index in [4.69, 9.17) is 9.47 Å². The summed E-state index contributed by atoms with van der Waals surface area (Å²) in [6.45, 7) is 0.983. The highest BCUT2D eigenvalue weighted by Crippen LogP contribution is 2.22. The van der Waals surface area contributed by atoms with Gasteiger partial charge in [0.25, 0.3) is 5.91 Å². The maximum Gasteiger partial charge on any atom is 0.310 e. The molecule has 0 saturated carbocycles. The minimum atomic E-state index is -0.268. The number of nitrogens with zero attached hydrogens (tertiary/aromatic N) is 2. The number of ether oxygens (including phenoxy) is 2. The van der Waals surface area contributed by atoms with E-state index in [1.807, 2.05) is 0 Å². The first-order valence-corrected chi connectivity index (χ1v) is 6.53. The molecule has 1 aromatic heterocycles. The molecule has 1 aromatic rings. The maximum absolute atomic E-state index is 12.5. The minimum absolute atomic E-state index is 0.212. The van der Waals surface area contributed by atoms with Crippen LogP contribution in [0.2, 0.25) is 0 Å². The average Bonchev–Trinajstić information content (AvgIpc) is 2.53. The molecule has 0 N–H and O–H groups in total. The quantitative estimate of drug-likeness (QED) is 0.775. The van der Waals surface area contributed by atoms with Crippen molar-refractivity contribution >= 4 is 11.9 Å². The van der Waals surface area contributed by atoms with Gasteiger partial charge in [0.2, 0.25) is 0 Å². The summed E-state index contributed by atoms with van der Waals surface area (Å²) in [4.78, 5) is 29.8. The van der Waals surface area contributed by atoms with Gasteiger partial charge in [0.1, 0.15) is 5.75 Å². The lowest BCUT2D eigenvalue weighted by atomic mass is 9.98. The van der Waals surface area contributed by atoms with Gasteiger partial charge in [-0.3, -0.25) is 9.59 Å². The van der Waals surface area contributed by atoms with Crippen LogP contribution in [-0.4, -0.2) is 49.1 Å². The van der Waals surface area contributed by atoms with Crippen LogP contribution in [0.4, 0.5) is 0 Å². The molecule has 0 spiro atoms. The lowest BCUT2D eigenvalue weighted by Gasteiger charge is -2.31. The Balaban J connectivity index is 2.14. The van der Waals surface area contributed by atoms with E-state index in [0.717, 1.165) is 12.8 Å². The number of amides is 1. The molecule has 6 heteroatoms. The van der Waals surface area contributed by atoms with Crippen molar-refractivity contribution in [3.05, 3.63) is 24.0 Å². The van der Waals surface area contributed by atoms with Crippen molar-refractivity contribution in [2.75, 3.05) is 27.3 Å². The fraction of sp³-hybridized carbons (Fsp3) is 0.500. The number of pyridine rings is 1. The normalized spacial score (nSPS) is 18.5. The first-order chi connectivity index (χ1) is 9.67. The van der Waals surface area contributed by atoms with Gasteiger partial charge >= 0.3 is 5.97 Å². The number of esters is 1. The highest BCUT2D eigenvalue weighted by molar-refractivity contribution is 5.95. The third-order valence-electron chi connectivity index (χ3n) is 3.44. The molecular formula is C14H18N2O4. The van der Waals surface area contributed by atoms with Crippen LogP contribution in [-0.2, 0) is 9.53 Å².